The predicted octanol–water partition coefficient (Wildman–Crippen LogP) is 23.5. The molecule has 20 rings (SSSR count). The quantitative estimate of drug-likeness (QED) is 0.0613. The molecular weight excluding hydrogens is 1850 g/mol. The van der Waals surface area contributed by atoms with Gasteiger partial charge in [0.1, 0.15) is 34.7 Å². The van der Waals surface area contributed by atoms with Crippen molar-refractivity contribution in [2.75, 3.05) is 26.6 Å². The Kier molecular flexibility index (Phi) is 27.8. The average Bonchev–Trinajstić information content (AvgIpc) is 1.65. The highest BCUT2D eigenvalue weighted by Crippen LogP contribution is 2.40. The highest BCUT2D eigenvalue weighted by molar-refractivity contribution is 9.10. The predicted molar refractivity (Wildman–Crippen MR) is 508 cm³/mol. The number of urea groups is 5. The molecule has 26 nitrogen and oxygen atoms in total. The Morgan fingerprint density at radius 2 is 0.742 bits per heavy atom. The number of thiophene rings is 5. The molecule has 0 radical (unpaired) electrons. The van der Waals surface area contributed by atoms with E-state index in [2.05, 4.69) is 124 Å². The normalized spacial score (nSPS) is 16.4. The molecule has 0 fully saturated rings. The Balaban J connectivity index is 0.000000118. The number of hydrogen-bond acceptors (Lipinski definition) is 16. The minimum absolute atomic E-state index is 0.0217. The zero-order chi connectivity index (χ0) is 89.4. The van der Waals surface area contributed by atoms with Crippen LogP contribution >= 0.6 is 107 Å². The number of nitriles is 1. The molecule has 37 heteroatoms. The number of benzene rings is 5. The fraction of sp³-hybridized carbons (Fsp3) is 0.220. The first-order valence-corrected chi connectivity index (χ1v) is 47.1. The third kappa shape index (κ3) is 20.3. The van der Waals surface area contributed by atoms with E-state index in [4.69, 9.17) is 40.1 Å². The van der Waals surface area contributed by atoms with Gasteiger partial charge in [-0.1, -0.05) is 99.3 Å². The summed E-state index contributed by atoms with van der Waals surface area (Å²) in [6.45, 7) is 12.6. The monoisotopic (exact) mass is 1930 g/mol. The van der Waals surface area contributed by atoms with Crippen molar-refractivity contribution in [1.82, 2.24) is 75.5 Å². The van der Waals surface area contributed by atoms with Gasteiger partial charge in [-0.2, -0.15) is 42.1 Å². The molecule has 0 saturated heterocycles. The largest absolute Gasteiger partial charge is 0.322 e. The van der Waals surface area contributed by atoms with Crippen LogP contribution in [0.3, 0.4) is 0 Å². The lowest BCUT2D eigenvalue weighted by Gasteiger charge is -2.33. The van der Waals surface area contributed by atoms with Gasteiger partial charge in [0.05, 0.1) is 74.2 Å². The molecular formula is C91H83BrCl3F2N21O5S5. The number of anilines is 5. The average molecular weight is 1940 g/mol. The van der Waals surface area contributed by atoms with Crippen molar-refractivity contribution in [1.29, 1.82) is 5.26 Å². The first-order chi connectivity index (χ1) is 61.9. The van der Waals surface area contributed by atoms with Gasteiger partial charge >= 0.3 is 30.2 Å². The van der Waals surface area contributed by atoms with Crippen molar-refractivity contribution in [3.63, 3.8) is 0 Å². The lowest BCUT2D eigenvalue weighted by molar-refractivity contribution is 0.181. The van der Waals surface area contributed by atoms with Crippen molar-refractivity contribution >= 4 is 166 Å². The number of nitrogens with one attached hydrogen (secondary N) is 10. The number of carbonyl (C=O) groups is 5. The van der Waals surface area contributed by atoms with Gasteiger partial charge in [-0.3, -0.25) is 25.5 Å². The van der Waals surface area contributed by atoms with Gasteiger partial charge in [-0.05, 0) is 177 Å². The smallest absolute Gasteiger partial charge is 0.317 e. The number of aromatic nitrogens is 10. The number of rotatable bonds is 10. The van der Waals surface area contributed by atoms with Gasteiger partial charge < -0.3 is 51.1 Å². The fourth-order valence-corrected chi connectivity index (χ4v) is 20.3. The second-order valence-electron chi connectivity index (χ2n) is 31.1. The van der Waals surface area contributed by atoms with E-state index in [1.54, 1.807) is 103 Å². The van der Waals surface area contributed by atoms with Crippen LogP contribution in [0.1, 0.15) is 96.5 Å². The summed E-state index contributed by atoms with van der Waals surface area (Å²) in [7, 11) is 0. The number of carbonyl (C=O) groups excluding carboxylic acids is 5. The first kappa shape index (κ1) is 89.1. The lowest BCUT2D eigenvalue weighted by atomic mass is 9.98. The van der Waals surface area contributed by atoms with Gasteiger partial charge in [0.15, 0.2) is 5.82 Å². The number of amides is 10. The molecule has 5 unspecified atom stereocenters. The van der Waals surface area contributed by atoms with Crippen molar-refractivity contribution in [3.8, 4) is 59.6 Å². The topological polar surface area (TPSA) is 329 Å². The summed E-state index contributed by atoms with van der Waals surface area (Å²) in [4.78, 5) is 77.2. The van der Waals surface area contributed by atoms with Gasteiger partial charge in [-0.25, -0.2) is 32.8 Å². The molecule has 10 N–H and O–H groups in total. The first-order valence-electron chi connectivity index (χ1n) is 40.7. The maximum atomic E-state index is 14.1. The maximum absolute atomic E-state index is 14.1. The Morgan fingerprint density at radius 3 is 1.08 bits per heavy atom. The van der Waals surface area contributed by atoms with E-state index >= 15 is 0 Å². The van der Waals surface area contributed by atoms with Crippen LogP contribution in [0.25, 0.3) is 53.5 Å². The summed E-state index contributed by atoms with van der Waals surface area (Å²) in [5.41, 5.74) is 19.0. The lowest BCUT2D eigenvalue weighted by Crippen LogP contribution is -2.44. The molecule has 10 aromatic heterocycles. The molecule has 15 aromatic rings. The Morgan fingerprint density at radius 1 is 0.406 bits per heavy atom. The summed E-state index contributed by atoms with van der Waals surface area (Å²) in [5, 5.41) is 74.5. The van der Waals surface area contributed by atoms with Gasteiger partial charge in [0, 0.05) is 167 Å². The zero-order valence-corrected chi connectivity index (χ0v) is 77.2. The molecule has 0 bridgehead atoms. The van der Waals surface area contributed by atoms with Crippen molar-refractivity contribution in [3.05, 3.63) is 289 Å². The van der Waals surface area contributed by atoms with E-state index in [0.29, 0.717) is 72.7 Å². The molecule has 654 valence electrons. The minimum atomic E-state index is -0.629. The molecule has 5 aromatic carbocycles. The van der Waals surface area contributed by atoms with Crippen LogP contribution in [0, 0.1) is 23.0 Å². The molecule has 0 spiro atoms. The third-order valence-corrected chi connectivity index (χ3v) is 27.9. The number of hydrogen-bond donors (Lipinski definition) is 10. The third-order valence-electron chi connectivity index (χ3n) is 22.4. The van der Waals surface area contributed by atoms with Crippen molar-refractivity contribution < 1.29 is 32.8 Å². The summed E-state index contributed by atoms with van der Waals surface area (Å²) in [6.07, 6.45) is 3.64. The minimum Gasteiger partial charge on any atom is -0.317 e. The van der Waals surface area contributed by atoms with E-state index < -0.39 is 11.6 Å². The summed E-state index contributed by atoms with van der Waals surface area (Å²) >= 11 is 29.4. The molecule has 128 heavy (non-hydrogen) atoms. The Hall–Kier alpha value is -12.3. The molecule has 5 aliphatic heterocycles. The number of halogens is 6. The van der Waals surface area contributed by atoms with E-state index in [1.165, 1.54) is 30.3 Å². The molecule has 0 saturated carbocycles. The van der Waals surface area contributed by atoms with E-state index in [1.807, 2.05) is 154 Å². The van der Waals surface area contributed by atoms with Crippen LogP contribution in [0.2, 0.25) is 15.1 Å². The van der Waals surface area contributed by atoms with Crippen LogP contribution in [0.15, 0.2) is 201 Å². The molecule has 5 atom stereocenters. The summed E-state index contributed by atoms with van der Waals surface area (Å²) < 4.78 is 28.5. The molecule has 5 aliphatic rings. The number of fused-ring (bicyclic) bond motifs is 5. The summed E-state index contributed by atoms with van der Waals surface area (Å²) in [5.74, 6) is -1.24. The molecule has 10 amide bonds. The van der Waals surface area contributed by atoms with E-state index in [0.717, 1.165) is 139 Å². The zero-order valence-electron chi connectivity index (χ0n) is 69.3. The van der Waals surface area contributed by atoms with Crippen molar-refractivity contribution in [2.45, 2.75) is 130 Å². The highest BCUT2D eigenvalue weighted by atomic mass is 79.9. The number of nitrogens with zero attached hydrogens (tertiary/aromatic N) is 11. The van der Waals surface area contributed by atoms with Crippen LogP contribution in [0.4, 0.5) is 61.2 Å². The van der Waals surface area contributed by atoms with Crippen LogP contribution in [-0.2, 0) is 64.8 Å². The van der Waals surface area contributed by atoms with Gasteiger partial charge in [-0.15, -0.1) is 45.3 Å². The van der Waals surface area contributed by atoms with Gasteiger partial charge in [0.2, 0.25) is 0 Å². The van der Waals surface area contributed by atoms with Gasteiger partial charge in [0.25, 0.3) is 0 Å². The van der Waals surface area contributed by atoms with Crippen LogP contribution in [0.5, 0.6) is 0 Å². The second kappa shape index (κ2) is 39.9. The molecule has 15 heterocycles. The van der Waals surface area contributed by atoms with E-state index in [9.17, 15) is 32.8 Å². The van der Waals surface area contributed by atoms with E-state index in [-0.39, 0.29) is 76.6 Å². The fourth-order valence-electron chi connectivity index (χ4n) is 15.8. The maximum Gasteiger partial charge on any atom is 0.322 e. The van der Waals surface area contributed by atoms with Crippen molar-refractivity contribution in [2.24, 2.45) is 0 Å². The second-order valence-corrected chi connectivity index (χ2v) is 37.8. The highest BCUT2D eigenvalue weighted by Gasteiger charge is 2.37. The number of H-pyrrole nitrogens is 5. The Labute approximate surface area is 778 Å². The standard InChI is InChI=1S/C19H16FN5OS.C18H17BrN4OS.C18H16ClFN4OS.2C18H17ClN4OS/c1-11-7-16-14(18(24-23-16)17-3-2-6-27-17)10-25(11)19(26)22-13-4-5-15(20)12(8-13)9-21;1-11-8-15-14(17(22-21-15)16-6-3-7-25-16)10-23(11)18(24)20-13-5-2-4-12(19)9-13;1-10-8-14-11(17(23-22-14)15-6-3-7-26-15)9-24(10)18(25)21-13-5-2-4-12(19)16(13)20;1-11-8-15-14(17(22-21-15)16-6-3-7-25-16)10-23(11)18(24)20-13-5-2-4-12(19)9-13;1-11-7-16-15(17(22-21-16)12-5-6-25-10-12)9-23(11)18(24)20-14-4-2-3-13(19)8-14/h2-6,8,11H,7,10H2,1H3,(H,22,26)(H,23,24);2-7,9,11H,8,10H2,1H3,(H,20,24)(H,21,22);2-7,10H,8-9H2,1H3,(H,21,25)(H,22,23);2-7,9,11H,8,10H2,1H3,(H,20,24)(H,21,22);2-6,8,10-11H,7,9H2,1H3,(H,20,24)(H,21,22). The van der Waals surface area contributed by atoms with Crippen LogP contribution < -0.4 is 26.6 Å². The van der Waals surface area contributed by atoms with Crippen LogP contribution in [-0.4, -0.2) is 136 Å². The SMILES string of the molecule is CC1Cc2[nH]nc(-c3cccs3)c2CN1C(=O)Nc1ccc(F)c(C#N)c1.CC1Cc2[nH]nc(-c3cccs3)c2CN1C(=O)Nc1cccc(Br)c1.CC1Cc2[nH]nc(-c3cccs3)c2CN1C(=O)Nc1cccc(Cl)c1.CC1Cc2[nH]nc(-c3cccs3)c2CN1C(=O)Nc1cccc(Cl)c1F.CC1Cc2[nH]nc(-c3ccsc3)c2CN1C(=O)Nc1cccc(Cl)c1. The Bertz CT molecular complexity index is 6160. The number of aromatic amines is 5. The summed E-state index contributed by atoms with van der Waals surface area (Å²) in [6, 6.07) is 49.6. The molecule has 0 aliphatic carbocycles.